The van der Waals surface area contributed by atoms with Gasteiger partial charge in [-0.05, 0) is 19.4 Å². The van der Waals surface area contributed by atoms with Crippen molar-refractivity contribution in [3.8, 4) is 0 Å². The van der Waals surface area contributed by atoms with E-state index in [-0.39, 0.29) is 11.2 Å². The van der Waals surface area contributed by atoms with Gasteiger partial charge in [-0.3, -0.25) is 4.79 Å². The molecule has 130 valence electrons. The molecule has 1 aromatic carbocycles. The minimum atomic E-state index is -0.295. The largest absolute Gasteiger partial charge is 0.309 e. The summed E-state index contributed by atoms with van der Waals surface area (Å²) in [6.07, 6.45) is 0.712. The summed E-state index contributed by atoms with van der Waals surface area (Å²) in [6.45, 7) is 3.75. The predicted octanol–water partition coefficient (Wildman–Crippen LogP) is 3.29. The zero-order chi connectivity index (χ0) is 17.8. The third-order valence-electron chi connectivity index (χ3n) is 3.63. The van der Waals surface area contributed by atoms with Gasteiger partial charge in [0.25, 0.3) is 0 Å². The van der Waals surface area contributed by atoms with Crippen LogP contribution in [0.3, 0.4) is 0 Å². The molecule has 0 aliphatic heterocycles. The van der Waals surface area contributed by atoms with Gasteiger partial charge in [-0.2, -0.15) is 0 Å². The Morgan fingerprint density at radius 3 is 2.76 bits per heavy atom. The van der Waals surface area contributed by atoms with Crippen LogP contribution < -0.4 is 5.32 Å². The number of rotatable bonds is 6. The van der Waals surface area contributed by atoms with Crippen molar-refractivity contribution < 1.29 is 4.79 Å². The second-order valence-electron chi connectivity index (χ2n) is 5.66. The minimum Gasteiger partial charge on any atom is -0.309 e. The molecule has 0 fully saturated rings. The quantitative estimate of drug-likeness (QED) is 0.671. The van der Waals surface area contributed by atoms with Crippen LogP contribution in [0.2, 0.25) is 0 Å². The van der Waals surface area contributed by atoms with E-state index in [1.807, 2.05) is 49.0 Å². The molecule has 0 aliphatic carbocycles. The zero-order valence-corrected chi connectivity index (χ0v) is 15.9. The number of anilines is 1. The highest BCUT2D eigenvalue weighted by Gasteiger charge is 2.19. The highest BCUT2D eigenvalue weighted by Crippen LogP contribution is 2.24. The second-order valence-corrected chi connectivity index (χ2v) is 7.83. The molecule has 0 radical (unpaired) electrons. The highest BCUT2D eigenvalue weighted by atomic mass is 32.2. The van der Waals surface area contributed by atoms with Crippen LogP contribution in [-0.2, 0) is 18.3 Å². The number of aromatic nitrogens is 4. The number of hydrogen-bond donors (Lipinski definition) is 1. The maximum absolute atomic E-state index is 12.3. The molecular weight excluding hydrogens is 354 g/mol. The molecule has 1 amide bonds. The van der Waals surface area contributed by atoms with Crippen molar-refractivity contribution in [2.45, 2.75) is 30.7 Å². The van der Waals surface area contributed by atoms with Crippen molar-refractivity contribution >= 4 is 34.1 Å². The molecule has 3 rings (SSSR count). The molecule has 25 heavy (non-hydrogen) atoms. The van der Waals surface area contributed by atoms with Crippen LogP contribution >= 0.6 is 23.1 Å². The van der Waals surface area contributed by atoms with Gasteiger partial charge in [0.1, 0.15) is 5.82 Å². The summed E-state index contributed by atoms with van der Waals surface area (Å²) in [4.78, 5) is 16.6. The van der Waals surface area contributed by atoms with Crippen molar-refractivity contribution in [1.82, 2.24) is 19.7 Å². The topological polar surface area (TPSA) is 72.7 Å². The molecule has 2 heterocycles. The van der Waals surface area contributed by atoms with Gasteiger partial charge in [0.15, 0.2) is 10.3 Å². The van der Waals surface area contributed by atoms with E-state index in [2.05, 4.69) is 32.6 Å². The van der Waals surface area contributed by atoms with Crippen LogP contribution in [0.1, 0.15) is 24.0 Å². The maximum atomic E-state index is 12.3. The fraction of sp³-hybridized carbons (Fsp3) is 0.294. The molecule has 0 aliphatic rings. The number of carbonyl (C=O) groups is 1. The van der Waals surface area contributed by atoms with E-state index >= 15 is 0 Å². The molecule has 3 aromatic rings. The van der Waals surface area contributed by atoms with E-state index in [1.165, 1.54) is 28.7 Å². The molecule has 8 heteroatoms. The molecule has 1 N–H and O–H groups in total. The summed E-state index contributed by atoms with van der Waals surface area (Å²) in [7, 11) is 1.93. The number of nitrogens with zero attached hydrogens (tertiary/aromatic N) is 4. The number of nitrogens with one attached hydrogen (secondary N) is 1. The monoisotopic (exact) mass is 373 g/mol. The molecule has 0 spiro atoms. The van der Waals surface area contributed by atoms with E-state index in [1.54, 1.807) is 0 Å². The SMILES string of the molecule is Cc1csc(NC(=O)C(C)Sc2nnc(Cc3ccccc3)n2C)n1. The normalized spacial score (nSPS) is 12.1. The first-order valence-corrected chi connectivity index (χ1v) is 9.60. The third kappa shape index (κ3) is 4.46. The van der Waals surface area contributed by atoms with Crippen LogP contribution in [0, 0.1) is 6.92 Å². The summed E-state index contributed by atoms with van der Waals surface area (Å²) in [5.41, 5.74) is 2.08. The summed E-state index contributed by atoms with van der Waals surface area (Å²) < 4.78 is 1.94. The smallest absolute Gasteiger partial charge is 0.239 e. The summed E-state index contributed by atoms with van der Waals surface area (Å²) >= 11 is 2.81. The zero-order valence-electron chi connectivity index (χ0n) is 14.3. The average molecular weight is 374 g/mol. The molecule has 0 saturated heterocycles. The molecule has 1 unspecified atom stereocenters. The first-order chi connectivity index (χ1) is 12.0. The van der Waals surface area contributed by atoms with E-state index < -0.39 is 0 Å². The van der Waals surface area contributed by atoms with Gasteiger partial charge in [0.05, 0.1) is 10.9 Å². The Balaban J connectivity index is 1.63. The summed E-state index contributed by atoms with van der Waals surface area (Å²) in [5.74, 6) is 0.781. The third-order valence-corrected chi connectivity index (χ3v) is 5.64. The Bertz CT molecular complexity index is 859. The lowest BCUT2D eigenvalue weighted by molar-refractivity contribution is -0.115. The second kappa shape index (κ2) is 7.79. The fourth-order valence-electron chi connectivity index (χ4n) is 2.21. The van der Waals surface area contributed by atoms with E-state index in [4.69, 9.17) is 0 Å². The van der Waals surface area contributed by atoms with Gasteiger partial charge in [0.2, 0.25) is 5.91 Å². The Morgan fingerprint density at radius 2 is 2.08 bits per heavy atom. The van der Waals surface area contributed by atoms with Gasteiger partial charge in [0, 0.05) is 18.8 Å². The number of carbonyl (C=O) groups excluding carboxylic acids is 1. The van der Waals surface area contributed by atoms with E-state index in [0.717, 1.165) is 16.7 Å². The summed E-state index contributed by atoms with van der Waals surface area (Å²) in [6, 6.07) is 10.1. The van der Waals surface area contributed by atoms with Gasteiger partial charge in [-0.25, -0.2) is 4.98 Å². The maximum Gasteiger partial charge on any atom is 0.239 e. The van der Waals surface area contributed by atoms with Crippen molar-refractivity contribution in [2.75, 3.05) is 5.32 Å². The number of benzene rings is 1. The Labute approximate surface area is 154 Å². The molecule has 0 saturated carbocycles. The Morgan fingerprint density at radius 1 is 1.32 bits per heavy atom. The minimum absolute atomic E-state index is 0.0908. The molecular formula is C17H19N5OS2. The van der Waals surface area contributed by atoms with Crippen LogP contribution in [-0.4, -0.2) is 30.9 Å². The highest BCUT2D eigenvalue weighted by molar-refractivity contribution is 8.00. The lowest BCUT2D eigenvalue weighted by Gasteiger charge is -2.10. The van der Waals surface area contributed by atoms with Gasteiger partial charge in [-0.15, -0.1) is 21.5 Å². The van der Waals surface area contributed by atoms with Crippen LogP contribution in [0.4, 0.5) is 5.13 Å². The fourth-order valence-corrected chi connectivity index (χ4v) is 3.73. The lowest BCUT2D eigenvalue weighted by atomic mass is 10.1. The molecule has 1 atom stereocenters. The number of hydrogen-bond acceptors (Lipinski definition) is 6. The Hall–Kier alpha value is -2.19. The van der Waals surface area contributed by atoms with Crippen LogP contribution in [0.5, 0.6) is 0 Å². The van der Waals surface area contributed by atoms with E-state index in [0.29, 0.717) is 11.6 Å². The molecule has 2 aromatic heterocycles. The Kier molecular flexibility index (Phi) is 5.50. The van der Waals surface area contributed by atoms with Crippen molar-refractivity contribution in [3.63, 3.8) is 0 Å². The first kappa shape index (κ1) is 17.6. The van der Waals surface area contributed by atoms with Crippen LogP contribution in [0.25, 0.3) is 0 Å². The number of aryl methyl sites for hydroxylation is 1. The first-order valence-electron chi connectivity index (χ1n) is 7.85. The van der Waals surface area contributed by atoms with Crippen molar-refractivity contribution in [3.05, 3.63) is 52.8 Å². The number of thiazole rings is 1. The van der Waals surface area contributed by atoms with Gasteiger partial charge >= 0.3 is 0 Å². The van der Waals surface area contributed by atoms with Gasteiger partial charge in [-0.1, -0.05) is 42.1 Å². The standard InChI is InChI=1S/C17H19N5OS2/c1-11-10-24-16(18-11)19-15(23)12(2)25-17-21-20-14(22(17)3)9-13-7-5-4-6-8-13/h4-8,10,12H,9H2,1-3H3,(H,18,19,23). The van der Waals surface area contributed by atoms with Gasteiger partial charge < -0.3 is 9.88 Å². The lowest BCUT2D eigenvalue weighted by Crippen LogP contribution is -2.22. The van der Waals surface area contributed by atoms with E-state index in [9.17, 15) is 4.79 Å². The number of amides is 1. The van der Waals surface area contributed by atoms with Crippen LogP contribution in [0.15, 0.2) is 40.9 Å². The summed E-state index contributed by atoms with van der Waals surface area (Å²) in [5, 5.41) is 14.3. The number of thioether (sulfide) groups is 1. The van der Waals surface area contributed by atoms with Crippen molar-refractivity contribution in [1.29, 1.82) is 0 Å². The predicted molar refractivity (Wildman–Crippen MR) is 101 cm³/mol. The average Bonchev–Trinajstić information content (AvgIpc) is 3.16. The van der Waals surface area contributed by atoms with Crippen molar-refractivity contribution in [2.24, 2.45) is 7.05 Å². The molecule has 0 bridgehead atoms. The molecule has 6 nitrogen and oxygen atoms in total.